The summed E-state index contributed by atoms with van der Waals surface area (Å²) in [5.41, 5.74) is 0. The summed E-state index contributed by atoms with van der Waals surface area (Å²) in [7, 11) is 0. The molecule has 226 valence electrons. The molecule has 4 nitrogen and oxygen atoms in total. The van der Waals surface area contributed by atoms with Crippen molar-refractivity contribution in [2.24, 2.45) is 5.92 Å². The number of carbonyl (C=O) groups excluding carboxylic acids is 2. The van der Waals surface area contributed by atoms with Crippen LogP contribution in [0.4, 0.5) is 0 Å². The highest BCUT2D eigenvalue weighted by Crippen LogP contribution is 2.20. The summed E-state index contributed by atoms with van der Waals surface area (Å²) in [5.74, 6) is 0.240. The standard InChI is InChI=1S/C34H67NO3/c1-3-5-7-9-11-13-14-15-16-17-19-20-22-24-26-32(34(38)35-30-31-36)28-29-33(37)27-25-23-21-18-12-10-8-6-4-2/h32,36H,3-31H2,1-2H3,(H,35,38). The van der Waals surface area contributed by atoms with Gasteiger partial charge in [-0.2, -0.15) is 0 Å². The Balaban J connectivity index is 3.87. The molecule has 0 saturated heterocycles. The van der Waals surface area contributed by atoms with E-state index in [-0.39, 0.29) is 18.4 Å². The van der Waals surface area contributed by atoms with E-state index >= 15 is 0 Å². The molecular weight excluding hydrogens is 470 g/mol. The van der Waals surface area contributed by atoms with Crippen LogP contribution in [0.5, 0.6) is 0 Å². The summed E-state index contributed by atoms with van der Waals surface area (Å²) < 4.78 is 0. The third-order valence-electron chi connectivity index (χ3n) is 8.02. The van der Waals surface area contributed by atoms with Crippen molar-refractivity contribution in [3.63, 3.8) is 0 Å². The van der Waals surface area contributed by atoms with E-state index < -0.39 is 0 Å². The number of aliphatic hydroxyl groups is 1. The van der Waals surface area contributed by atoms with Gasteiger partial charge in [0.2, 0.25) is 5.91 Å². The van der Waals surface area contributed by atoms with Gasteiger partial charge < -0.3 is 10.4 Å². The van der Waals surface area contributed by atoms with Gasteiger partial charge in [-0.1, -0.05) is 155 Å². The van der Waals surface area contributed by atoms with Crippen molar-refractivity contribution in [3.05, 3.63) is 0 Å². The molecule has 0 aliphatic heterocycles. The molecule has 0 spiro atoms. The molecule has 1 atom stereocenters. The van der Waals surface area contributed by atoms with Gasteiger partial charge in [0.05, 0.1) is 6.61 Å². The lowest BCUT2D eigenvalue weighted by atomic mass is 9.92. The summed E-state index contributed by atoms with van der Waals surface area (Å²) in [6.07, 6.45) is 32.7. The van der Waals surface area contributed by atoms with Crippen LogP contribution in [0.25, 0.3) is 0 Å². The maximum atomic E-state index is 12.6. The van der Waals surface area contributed by atoms with Crippen molar-refractivity contribution in [1.82, 2.24) is 5.32 Å². The number of carbonyl (C=O) groups is 2. The fraction of sp³-hybridized carbons (Fsp3) is 0.941. The van der Waals surface area contributed by atoms with Crippen molar-refractivity contribution >= 4 is 11.7 Å². The molecule has 0 rings (SSSR count). The van der Waals surface area contributed by atoms with Gasteiger partial charge in [0.25, 0.3) is 0 Å². The van der Waals surface area contributed by atoms with Gasteiger partial charge in [-0.05, 0) is 19.3 Å². The van der Waals surface area contributed by atoms with E-state index in [9.17, 15) is 9.59 Å². The summed E-state index contributed by atoms with van der Waals surface area (Å²) >= 11 is 0. The number of rotatable bonds is 31. The number of amides is 1. The zero-order chi connectivity index (χ0) is 27.9. The highest BCUT2D eigenvalue weighted by Gasteiger charge is 2.19. The monoisotopic (exact) mass is 538 g/mol. The largest absolute Gasteiger partial charge is 0.395 e. The Morgan fingerprint density at radius 2 is 0.921 bits per heavy atom. The molecule has 0 aliphatic carbocycles. The Morgan fingerprint density at radius 3 is 1.34 bits per heavy atom. The van der Waals surface area contributed by atoms with Crippen LogP contribution in [-0.4, -0.2) is 29.9 Å². The van der Waals surface area contributed by atoms with Crippen molar-refractivity contribution in [3.8, 4) is 0 Å². The van der Waals surface area contributed by atoms with Crippen molar-refractivity contribution < 1.29 is 14.7 Å². The summed E-state index contributed by atoms with van der Waals surface area (Å²) in [4.78, 5) is 25.0. The molecule has 0 radical (unpaired) electrons. The van der Waals surface area contributed by atoms with Crippen molar-refractivity contribution in [1.29, 1.82) is 0 Å². The van der Waals surface area contributed by atoms with Crippen LogP contribution >= 0.6 is 0 Å². The van der Waals surface area contributed by atoms with E-state index in [0.717, 1.165) is 25.7 Å². The molecule has 1 unspecified atom stereocenters. The number of hydrogen-bond donors (Lipinski definition) is 2. The topological polar surface area (TPSA) is 66.4 Å². The van der Waals surface area contributed by atoms with Crippen molar-refractivity contribution in [2.75, 3.05) is 13.2 Å². The maximum absolute atomic E-state index is 12.6. The molecule has 0 aromatic rings. The average Bonchev–Trinajstić information content (AvgIpc) is 2.92. The summed E-state index contributed by atoms with van der Waals surface area (Å²) in [6, 6.07) is 0. The Hall–Kier alpha value is -0.900. The lowest BCUT2D eigenvalue weighted by Crippen LogP contribution is -2.33. The number of nitrogens with one attached hydrogen (secondary N) is 1. The van der Waals surface area contributed by atoms with Gasteiger partial charge >= 0.3 is 0 Å². The molecule has 4 heteroatoms. The van der Waals surface area contributed by atoms with Gasteiger partial charge in [0, 0.05) is 25.3 Å². The Kier molecular flexibility index (Phi) is 29.9. The Morgan fingerprint density at radius 1 is 0.526 bits per heavy atom. The van der Waals surface area contributed by atoms with Gasteiger partial charge in [-0.3, -0.25) is 9.59 Å². The maximum Gasteiger partial charge on any atom is 0.223 e. The molecule has 0 heterocycles. The number of unbranched alkanes of at least 4 members (excludes halogenated alkanes) is 21. The van der Waals surface area contributed by atoms with Gasteiger partial charge in [0.15, 0.2) is 0 Å². The van der Waals surface area contributed by atoms with Gasteiger partial charge in [-0.15, -0.1) is 0 Å². The Labute approximate surface area is 237 Å². The summed E-state index contributed by atoms with van der Waals surface area (Å²) in [5, 5.41) is 11.9. The number of aliphatic hydroxyl groups excluding tert-OH is 1. The van der Waals surface area contributed by atoms with Crippen LogP contribution in [0.15, 0.2) is 0 Å². The first-order valence-corrected chi connectivity index (χ1v) is 17.1. The highest BCUT2D eigenvalue weighted by atomic mass is 16.3. The molecule has 0 fully saturated rings. The first-order chi connectivity index (χ1) is 18.7. The molecule has 0 aromatic heterocycles. The lowest BCUT2D eigenvalue weighted by Gasteiger charge is -2.16. The van der Waals surface area contributed by atoms with E-state index in [1.54, 1.807) is 0 Å². The number of Topliss-reactive ketones (excluding diaryl/α,β-unsaturated/α-hetero) is 1. The zero-order valence-electron chi connectivity index (χ0n) is 25.8. The lowest BCUT2D eigenvalue weighted by molar-refractivity contribution is -0.126. The van der Waals surface area contributed by atoms with E-state index in [4.69, 9.17) is 5.11 Å². The molecule has 0 bridgehead atoms. The van der Waals surface area contributed by atoms with Crippen LogP contribution in [0, 0.1) is 5.92 Å². The van der Waals surface area contributed by atoms with Crippen LogP contribution in [0.1, 0.15) is 187 Å². The molecule has 1 amide bonds. The van der Waals surface area contributed by atoms with Crippen LogP contribution < -0.4 is 5.32 Å². The SMILES string of the molecule is CCCCCCCCCCCCCCCCC(CCC(=O)CCCCCCCCCCC)C(=O)NCCO. The smallest absolute Gasteiger partial charge is 0.223 e. The van der Waals surface area contributed by atoms with E-state index in [0.29, 0.717) is 31.6 Å². The predicted octanol–water partition coefficient (Wildman–Crippen LogP) is 9.85. The van der Waals surface area contributed by atoms with Gasteiger partial charge in [0.1, 0.15) is 5.78 Å². The fourth-order valence-corrected chi connectivity index (χ4v) is 5.41. The van der Waals surface area contributed by atoms with Crippen LogP contribution in [0.2, 0.25) is 0 Å². The van der Waals surface area contributed by atoms with Crippen LogP contribution in [0.3, 0.4) is 0 Å². The second-order valence-corrected chi connectivity index (χ2v) is 11.8. The molecule has 0 saturated carbocycles. The second kappa shape index (κ2) is 30.6. The molecular formula is C34H67NO3. The highest BCUT2D eigenvalue weighted by molar-refractivity contribution is 5.81. The molecule has 0 aromatic carbocycles. The second-order valence-electron chi connectivity index (χ2n) is 11.8. The number of ketones is 1. The molecule has 0 aliphatic rings. The average molecular weight is 538 g/mol. The van der Waals surface area contributed by atoms with E-state index in [2.05, 4.69) is 19.2 Å². The quantitative estimate of drug-likeness (QED) is 0.0865. The van der Waals surface area contributed by atoms with Crippen LogP contribution in [-0.2, 0) is 9.59 Å². The molecule has 2 N–H and O–H groups in total. The predicted molar refractivity (Wildman–Crippen MR) is 165 cm³/mol. The zero-order valence-corrected chi connectivity index (χ0v) is 25.8. The normalized spacial score (nSPS) is 12.1. The third-order valence-corrected chi connectivity index (χ3v) is 8.02. The minimum atomic E-state index is -0.0917. The van der Waals surface area contributed by atoms with E-state index in [1.165, 1.54) is 128 Å². The Bertz CT molecular complexity index is 508. The minimum Gasteiger partial charge on any atom is -0.395 e. The number of hydrogen-bond acceptors (Lipinski definition) is 3. The third kappa shape index (κ3) is 26.7. The fourth-order valence-electron chi connectivity index (χ4n) is 5.41. The van der Waals surface area contributed by atoms with E-state index in [1.807, 2.05) is 0 Å². The van der Waals surface area contributed by atoms with Crippen molar-refractivity contribution in [2.45, 2.75) is 187 Å². The van der Waals surface area contributed by atoms with Gasteiger partial charge in [-0.25, -0.2) is 0 Å². The molecule has 38 heavy (non-hydrogen) atoms. The first-order valence-electron chi connectivity index (χ1n) is 17.1. The minimum absolute atomic E-state index is 0.0182. The summed E-state index contributed by atoms with van der Waals surface area (Å²) in [6.45, 7) is 4.80. The first kappa shape index (κ1) is 37.1.